The van der Waals surface area contributed by atoms with Crippen molar-refractivity contribution in [3.05, 3.63) is 140 Å². The first-order valence-electron chi connectivity index (χ1n) is 12.2. The number of fused-ring (bicyclic) bond motifs is 8. The summed E-state index contributed by atoms with van der Waals surface area (Å²) in [6.07, 6.45) is 10.9. The van der Waals surface area contributed by atoms with Crippen LogP contribution in [0.5, 0.6) is 0 Å². The molecule has 0 amide bonds. The number of aryl methyl sites for hydroxylation is 4. The lowest BCUT2D eigenvalue weighted by Crippen LogP contribution is -1.97. The van der Waals surface area contributed by atoms with E-state index in [0.29, 0.717) is 0 Å². The second-order valence-corrected chi connectivity index (χ2v) is 9.76. The molecule has 4 aromatic carbocycles. The molecule has 0 aromatic heterocycles. The lowest BCUT2D eigenvalue weighted by molar-refractivity contribution is 1.12. The zero-order valence-electron chi connectivity index (χ0n) is 20.7. The van der Waals surface area contributed by atoms with Crippen LogP contribution >= 0.6 is 0 Å². The van der Waals surface area contributed by atoms with Crippen LogP contribution in [0.2, 0.25) is 0 Å². The zero-order valence-corrected chi connectivity index (χ0v) is 20.7. The van der Waals surface area contributed by atoms with E-state index in [0.717, 1.165) is 12.8 Å². The van der Waals surface area contributed by atoms with Crippen LogP contribution in [0.25, 0.3) is 24.3 Å². The van der Waals surface area contributed by atoms with E-state index in [1.807, 2.05) is 0 Å². The van der Waals surface area contributed by atoms with Crippen molar-refractivity contribution in [3.8, 4) is 0 Å². The highest BCUT2D eigenvalue weighted by Crippen LogP contribution is 2.24. The van der Waals surface area contributed by atoms with Crippen LogP contribution < -0.4 is 0 Å². The van der Waals surface area contributed by atoms with Crippen molar-refractivity contribution >= 4 is 24.3 Å². The zero-order chi connectivity index (χ0) is 23.7. The van der Waals surface area contributed by atoms with Gasteiger partial charge in [-0.15, -0.1) is 0 Å². The van der Waals surface area contributed by atoms with Crippen LogP contribution in [-0.2, 0) is 12.8 Å². The molecule has 0 saturated heterocycles. The van der Waals surface area contributed by atoms with Gasteiger partial charge in [0.1, 0.15) is 0 Å². The molecule has 0 atom stereocenters. The summed E-state index contributed by atoms with van der Waals surface area (Å²) >= 11 is 0. The predicted octanol–water partition coefficient (Wildman–Crippen LogP) is 8.76. The van der Waals surface area contributed by atoms with Gasteiger partial charge in [0, 0.05) is 0 Å². The van der Waals surface area contributed by atoms with E-state index in [4.69, 9.17) is 0 Å². The number of rotatable bonds is 0. The minimum atomic E-state index is 0.949. The van der Waals surface area contributed by atoms with Crippen LogP contribution in [0.1, 0.15) is 66.8 Å². The summed E-state index contributed by atoms with van der Waals surface area (Å²) in [5.74, 6) is 0. The van der Waals surface area contributed by atoms with Crippen LogP contribution in [0.4, 0.5) is 0 Å². The summed E-state index contributed by atoms with van der Waals surface area (Å²) < 4.78 is 0. The Balaban J connectivity index is 1.66. The summed E-state index contributed by atoms with van der Waals surface area (Å²) in [6, 6.07) is 27.3. The Morgan fingerprint density at radius 1 is 0.353 bits per heavy atom. The van der Waals surface area contributed by atoms with E-state index in [1.54, 1.807) is 0 Å². The largest absolute Gasteiger partial charge is 0.0584 e. The van der Waals surface area contributed by atoms with E-state index >= 15 is 0 Å². The van der Waals surface area contributed by atoms with Gasteiger partial charge >= 0.3 is 0 Å². The fraction of sp³-hybridized carbons (Fsp3) is 0.176. The summed E-state index contributed by atoms with van der Waals surface area (Å²) in [4.78, 5) is 0. The molecule has 5 rings (SSSR count). The summed E-state index contributed by atoms with van der Waals surface area (Å²) in [5.41, 5.74) is 15.9. The van der Waals surface area contributed by atoms with Gasteiger partial charge < -0.3 is 0 Å². The van der Waals surface area contributed by atoms with Crippen molar-refractivity contribution in [1.29, 1.82) is 0 Å². The normalized spacial score (nSPS) is 13.8. The summed E-state index contributed by atoms with van der Waals surface area (Å²) in [5, 5.41) is 0. The van der Waals surface area contributed by atoms with Crippen molar-refractivity contribution in [2.45, 2.75) is 40.5 Å². The van der Waals surface area contributed by atoms with Crippen molar-refractivity contribution in [3.63, 3.8) is 0 Å². The minimum absolute atomic E-state index is 0.949. The molecule has 0 radical (unpaired) electrons. The monoisotopic (exact) mass is 440 g/mol. The standard InChI is InChI=1S/C34H32/c1-23-5-9-27-13-14-29-11-7-25(3)33(19-29)22-34-20-30(12-8-26(34)4)16-15-28-10-6-24(2)32(18-28)21-31(23)17-27/h5-20H,21-22H2,1-4H3/b14-13+,16-15?. The van der Waals surface area contributed by atoms with Gasteiger partial charge in [-0.25, -0.2) is 0 Å². The van der Waals surface area contributed by atoms with Gasteiger partial charge in [-0.2, -0.15) is 0 Å². The molecule has 0 N–H and O–H groups in total. The Hall–Kier alpha value is -3.64. The van der Waals surface area contributed by atoms with Crippen LogP contribution in [0, 0.1) is 27.7 Å². The van der Waals surface area contributed by atoms with Crippen LogP contribution in [0.3, 0.4) is 0 Å². The summed E-state index contributed by atoms with van der Waals surface area (Å²) in [7, 11) is 0. The maximum atomic E-state index is 2.35. The van der Waals surface area contributed by atoms with Crippen LogP contribution in [-0.4, -0.2) is 0 Å². The second-order valence-electron chi connectivity index (χ2n) is 9.76. The Bertz CT molecular complexity index is 1210. The first kappa shape index (κ1) is 22.2. The average Bonchev–Trinajstić information content (AvgIpc) is 2.83. The van der Waals surface area contributed by atoms with Gasteiger partial charge in [0.05, 0.1) is 0 Å². The van der Waals surface area contributed by atoms with E-state index in [-0.39, 0.29) is 0 Å². The van der Waals surface area contributed by atoms with Crippen molar-refractivity contribution < 1.29 is 0 Å². The Kier molecular flexibility index (Phi) is 6.07. The maximum absolute atomic E-state index is 2.35. The van der Waals surface area contributed by atoms with Gasteiger partial charge in [0.2, 0.25) is 0 Å². The Morgan fingerprint density at radius 3 is 0.824 bits per heavy atom. The summed E-state index contributed by atoms with van der Waals surface area (Å²) in [6.45, 7) is 8.87. The van der Waals surface area contributed by atoms with E-state index in [9.17, 15) is 0 Å². The third kappa shape index (κ3) is 4.82. The van der Waals surface area contributed by atoms with Gasteiger partial charge in [-0.05, 0) is 107 Å². The molecule has 0 spiro atoms. The van der Waals surface area contributed by atoms with Gasteiger partial charge in [-0.1, -0.05) is 97.1 Å². The fourth-order valence-electron chi connectivity index (χ4n) is 4.74. The lowest BCUT2D eigenvalue weighted by Gasteiger charge is -2.12. The van der Waals surface area contributed by atoms with E-state index in [2.05, 4.69) is 125 Å². The molecule has 0 saturated carbocycles. The maximum Gasteiger partial charge on any atom is -0.00201 e. The SMILES string of the molecule is Cc1ccc2cc1Cc1cc(ccc1C)/C=C/c1ccc(C)c(c1)Cc1cc(ccc1C)C=C2. The number of benzene rings is 4. The highest BCUT2D eigenvalue weighted by Gasteiger charge is 2.08. The van der Waals surface area contributed by atoms with Crippen molar-refractivity contribution in [2.75, 3.05) is 0 Å². The molecule has 168 valence electrons. The predicted molar refractivity (Wildman–Crippen MR) is 148 cm³/mol. The van der Waals surface area contributed by atoms with Crippen LogP contribution in [0.15, 0.2) is 72.8 Å². The number of hydrogen-bond donors (Lipinski definition) is 0. The van der Waals surface area contributed by atoms with Crippen molar-refractivity contribution in [1.82, 2.24) is 0 Å². The molecule has 34 heavy (non-hydrogen) atoms. The highest BCUT2D eigenvalue weighted by atomic mass is 14.1. The molecular weight excluding hydrogens is 408 g/mol. The quantitative estimate of drug-likeness (QED) is 0.226. The molecular formula is C34H32. The number of hydrogen-bond acceptors (Lipinski definition) is 0. The van der Waals surface area contributed by atoms with Gasteiger partial charge in [0.25, 0.3) is 0 Å². The molecule has 1 aliphatic rings. The smallest absolute Gasteiger partial charge is 0.00201 e. The topological polar surface area (TPSA) is 0 Å². The van der Waals surface area contributed by atoms with E-state index in [1.165, 1.54) is 66.8 Å². The second kappa shape index (κ2) is 9.31. The minimum Gasteiger partial charge on any atom is -0.0584 e. The third-order valence-electron chi connectivity index (χ3n) is 7.19. The van der Waals surface area contributed by atoms with Crippen molar-refractivity contribution in [2.24, 2.45) is 0 Å². The Morgan fingerprint density at radius 2 is 0.588 bits per heavy atom. The van der Waals surface area contributed by atoms with Gasteiger partial charge in [-0.3, -0.25) is 0 Å². The molecule has 0 fully saturated rings. The third-order valence-corrected chi connectivity index (χ3v) is 7.19. The first-order valence-corrected chi connectivity index (χ1v) is 12.2. The lowest BCUT2D eigenvalue weighted by atomic mass is 9.93. The molecule has 4 aromatic rings. The first-order chi connectivity index (χ1) is 16.4. The van der Waals surface area contributed by atoms with Gasteiger partial charge in [0.15, 0.2) is 0 Å². The molecule has 0 nitrogen and oxygen atoms in total. The average molecular weight is 441 g/mol. The molecule has 0 unspecified atom stereocenters. The molecule has 0 aliphatic heterocycles. The molecule has 1 aliphatic carbocycles. The Labute approximate surface area is 204 Å². The van der Waals surface area contributed by atoms with E-state index < -0.39 is 0 Å². The molecule has 8 bridgehead atoms. The fourth-order valence-corrected chi connectivity index (χ4v) is 4.74. The molecule has 0 heteroatoms. The highest BCUT2D eigenvalue weighted by molar-refractivity contribution is 5.72. The molecule has 0 heterocycles.